The maximum absolute atomic E-state index is 14.1. The molecule has 4 N–H and O–H groups in total. The van der Waals surface area contributed by atoms with Crippen LogP contribution < -0.4 is 21.3 Å². The van der Waals surface area contributed by atoms with E-state index in [2.05, 4.69) is 43.3 Å². The number of rotatable bonds is 12. The molecular formula is C43H32BrN5O4S2. The lowest BCUT2D eigenvalue weighted by Gasteiger charge is -2.17. The highest BCUT2D eigenvalue weighted by Gasteiger charge is 2.27. The Labute approximate surface area is 334 Å². The Morgan fingerprint density at radius 3 is 2.09 bits per heavy atom. The molecular weight excluding hydrogens is 795 g/mol. The summed E-state index contributed by atoms with van der Waals surface area (Å²) in [4.78, 5) is 55.1. The van der Waals surface area contributed by atoms with Gasteiger partial charge in [-0.2, -0.15) is 5.26 Å². The summed E-state index contributed by atoms with van der Waals surface area (Å²) in [7, 11) is 0. The van der Waals surface area contributed by atoms with E-state index in [4.69, 9.17) is 0 Å². The molecule has 1 heterocycles. The molecule has 4 amide bonds. The number of anilines is 3. The van der Waals surface area contributed by atoms with Crippen molar-refractivity contribution in [3.8, 4) is 6.07 Å². The van der Waals surface area contributed by atoms with E-state index in [-0.39, 0.29) is 22.2 Å². The third-order valence-corrected chi connectivity index (χ3v) is 11.1. The smallest absolute Gasteiger partial charge is 0.272 e. The molecule has 1 atom stereocenters. The SMILES string of the molecule is Cc1c(C(=O)Nc2ccccc2)sc(NC(=O)C(Sc2cccc(NC(=O)/C(=C\c3cccc(Br)c3)NC(=O)c3ccccc3)c2)c2ccccc2)c1C#N. The van der Waals surface area contributed by atoms with Crippen molar-refractivity contribution in [2.75, 3.05) is 16.0 Å². The summed E-state index contributed by atoms with van der Waals surface area (Å²) in [6, 6.07) is 43.3. The van der Waals surface area contributed by atoms with Crippen molar-refractivity contribution in [3.05, 3.63) is 182 Å². The van der Waals surface area contributed by atoms with Gasteiger partial charge < -0.3 is 21.3 Å². The van der Waals surface area contributed by atoms with Gasteiger partial charge in [0.15, 0.2) is 0 Å². The van der Waals surface area contributed by atoms with E-state index >= 15 is 0 Å². The average Bonchev–Trinajstić information content (AvgIpc) is 3.51. The van der Waals surface area contributed by atoms with Gasteiger partial charge in [-0.05, 0) is 84.3 Å². The predicted molar refractivity (Wildman–Crippen MR) is 223 cm³/mol. The van der Waals surface area contributed by atoms with Gasteiger partial charge in [0.1, 0.15) is 22.0 Å². The zero-order chi connectivity index (χ0) is 38.7. The molecule has 6 rings (SSSR count). The van der Waals surface area contributed by atoms with E-state index in [1.807, 2.05) is 66.7 Å². The zero-order valence-corrected chi connectivity index (χ0v) is 32.4. The highest BCUT2D eigenvalue weighted by Crippen LogP contribution is 2.39. The summed E-state index contributed by atoms with van der Waals surface area (Å²) in [5, 5.41) is 20.9. The van der Waals surface area contributed by atoms with Crippen molar-refractivity contribution in [1.82, 2.24) is 5.32 Å². The predicted octanol–water partition coefficient (Wildman–Crippen LogP) is 9.82. The Morgan fingerprint density at radius 1 is 0.745 bits per heavy atom. The summed E-state index contributed by atoms with van der Waals surface area (Å²) < 4.78 is 0.809. The number of thiophene rings is 1. The summed E-state index contributed by atoms with van der Waals surface area (Å²) >= 11 is 5.75. The second-order valence-electron chi connectivity index (χ2n) is 12.0. The Morgan fingerprint density at radius 2 is 1.40 bits per heavy atom. The molecule has 1 unspecified atom stereocenters. The van der Waals surface area contributed by atoms with Crippen molar-refractivity contribution in [2.45, 2.75) is 17.1 Å². The maximum Gasteiger partial charge on any atom is 0.272 e. The van der Waals surface area contributed by atoms with E-state index in [1.165, 1.54) is 11.8 Å². The molecule has 0 aliphatic rings. The first kappa shape index (κ1) is 38.5. The number of halogens is 1. The highest BCUT2D eigenvalue weighted by atomic mass is 79.9. The molecule has 6 aromatic rings. The molecule has 0 aliphatic carbocycles. The van der Waals surface area contributed by atoms with Crippen molar-refractivity contribution in [2.24, 2.45) is 0 Å². The maximum atomic E-state index is 14.1. The molecule has 0 fully saturated rings. The molecule has 9 nitrogen and oxygen atoms in total. The van der Waals surface area contributed by atoms with Gasteiger partial charge in [-0.1, -0.05) is 101 Å². The van der Waals surface area contributed by atoms with Crippen LogP contribution in [0.1, 0.15) is 47.5 Å². The largest absolute Gasteiger partial charge is 0.321 e. The minimum Gasteiger partial charge on any atom is -0.321 e. The van der Waals surface area contributed by atoms with Gasteiger partial charge in [0.25, 0.3) is 17.7 Å². The number of amides is 4. The van der Waals surface area contributed by atoms with Crippen LogP contribution in [0.2, 0.25) is 0 Å². The number of carbonyl (C=O) groups is 4. The van der Waals surface area contributed by atoms with Crippen LogP contribution in [0.15, 0.2) is 155 Å². The number of para-hydroxylation sites is 1. The molecule has 0 bridgehead atoms. The second kappa shape index (κ2) is 18.2. The Hall–Kier alpha value is -6.26. The molecule has 0 saturated carbocycles. The fraction of sp³-hybridized carbons (Fsp3) is 0.0465. The van der Waals surface area contributed by atoms with Crippen LogP contribution >= 0.6 is 39.0 Å². The van der Waals surface area contributed by atoms with Gasteiger partial charge in [-0.3, -0.25) is 19.2 Å². The molecule has 0 aliphatic heterocycles. The third-order valence-electron chi connectivity index (χ3n) is 8.11. The number of carbonyl (C=O) groups excluding carboxylic acids is 4. The minimum atomic E-state index is -0.778. The second-order valence-corrected chi connectivity index (χ2v) is 15.1. The number of nitriles is 1. The molecule has 0 spiro atoms. The molecule has 272 valence electrons. The van der Waals surface area contributed by atoms with E-state index in [0.29, 0.717) is 43.4 Å². The molecule has 55 heavy (non-hydrogen) atoms. The fourth-order valence-corrected chi connectivity index (χ4v) is 7.98. The Bertz CT molecular complexity index is 2430. The molecule has 12 heteroatoms. The number of nitrogens with one attached hydrogen (secondary N) is 4. The monoisotopic (exact) mass is 825 g/mol. The summed E-state index contributed by atoms with van der Waals surface area (Å²) in [6.07, 6.45) is 1.59. The zero-order valence-electron chi connectivity index (χ0n) is 29.2. The van der Waals surface area contributed by atoms with Gasteiger partial charge >= 0.3 is 0 Å². The van der Waals surface area contributed by atoms with E-state index in [9.17, 15) is 24.4 Å². The lowest BCUT2D eigenvalue weighted by atomic mass is 10.1. The number of benzene rings is 5. The van der Waals surface area contributed by atoms with Crippen molar-refractivity contribution in [3.63, 3.8) is 0 Å². The van der Waals surface area contributed by atoms with Crippen LogP contribution in [0.4, 0.5) is 16.4 Å². The van der Waals surface area contributed by atoms with Gasteiger partial charge in [-0.25, -0.2) is 0 Å². The van der Waals surface area contributed by atoms with Crippen molar-refractivity contribution < 1.29 is 19.2 Å². The summed E-state index contributed by atoms with van der Waals surface area (Å²) in [5.74, 6) is -1.77. The van der Waals surface area contributed by atoms with Crippen LogP contribution in [-0.2, 0) is 9.59 Å². The topological polar surface area (TPSA) is 140 Å². The standard InChI is InChI=1S/C43H32BrN5O4S2/c1-27-35(26-45)43(55-37(27)41(52)46-32-19-9-4-10-20-32)49-42(53)38(29-14-5-2-6-15-29)54-34-22-12-21-33(25-34)47-40(51)36(24-28-13-11-18-31(44)23-28)48-39(50)30-16-7-3-8-17-30/h2-25,38H,1H3,(H,46,52)(H,47,51)(H,48,50)(H,49,53)/b36-24+. The van der Waals surface area contributed by atoms with Crippen LogP contribution in [0, 0.1) is 18.3 Å². The summed E-state index contributed by atoms with van der Waals surface area (Å²) in [5.41, 5.74) is 3.55. The first-order valence-corrected chi connectivity index (χ1v) is 19.3. The normalized spacial score (nSPS) is 11.5. The molecule has 1 aromatic heterocycles. The van der Waals surface area contributed by atoms with E-state index in [1.54, 1.807) is 85.8 Å². The van der Waals surface area contributed by atoms with Crippen LogP contribution in [0.25, 0.3) is 6.08 Å². The molecule has 0 radical (unpaired) electrons. The Kier molecular flexibility index (Phi) is 12.7. The number of hydrogen-bond acceptors (Lipinski definition) is 7. The van der Waals surface area contributed by atoms with Gasteiger partial charge in [-0.15, -0.1) is 23.1 Å². The molecule has 5 aromatic carbocycles. The third kappa shape index (κ3) is 10.0. The van der Waals surface area contributed by atoms with Crippen molar-refractivity contribution >= 4 is 85.1 Å². The Balaban J connectivity index is 1.23. The van der Waals surface area contributed by atoms with Crippen molar-refractivity contribution in [1.29, 1.82) is 5.26 Å². The quantitative estimate of drug-likeness (QED) is 0.0716. The number of hydrogen-bond donors (Lipinski definition) is 4. The van der Waals surface area contributed by atoms with Crippen LogP contribution in [0.5, 0.6) is 0 Å². The number of nitrogens with zero attached hydrogens (tertiary/aromatic N) is 1. The first-order valence-electron chi connectivity index (χ1n) is 16.9. The average molecular weight is 827 g/mol. The highest BCUT2D eigenvalue weighted by molar-refractivity contribution is 9.10. The summed E-state index contributed by atoms with van der Waals surface area (Å²) in [6.45, 7) is 1.68. The van der Waals surface area contributed by atoms with Crippen LogP contribution in [0.3, 0.4) is 0 Å². The van der Waals surface area contributed by atoms with Gasteiger partial charge in [0.2, 0.25) is 5.91 Å². The lowest BCUT2D eigenvalue weighted by molar-refractivity contribution is -0.116. The van der Waals surface area contributed by atoms with E-state index in [0.717, 1.165) is 15.8 Å². The van der Waals surface area contributed by atoms with Crippen LogP contribution in [-0.4, -0.2) is 23.6 Å². The minimum absolute atomic E-state index is 0.0305. The van der Waals surface area contributed by atoms with E-state index < -0.39 is 23.0 Å². The fourth-order valence-electron chi connectivity index (χ4n) is 5.43. The lowest BCUT2D eigenvalue weighted by Crippen LogP contribution is -2.30. The van der Waals surface area contributed by atoms with Gasteiger partial charge in [0.05, 0.1) is 10.4 Å². The first-order chi connectivity index (χ1) is 26.7. The molecule has 0 saturated heterocycles. The number of thioether (sulfide) groups is 1. The van der Waals surface area contributed by atoms with Gasteiger partial charge in [0, 0.05) is 26.3 Å².